The Morgan fingerprint density at radius 2 is 1.50 bits per heavy atom. The Morgan fingerprint density at radius 1 is 0.923 bits per heavy atom. The molecule has 4 rings (SSSR count). The molecule has 4 fully saturated rings. The minimum Gasteiger partial charge on any atom is -0.444 e. The lowest BCUT2D eigenvalue weighted by molar-refractivity contribution is -0.0485. The Labute approximate surface area is 159 Å². The van der Waals surface area contributed by atoms with Gasteiger partial charge in [0.15, 0.2) is 0 Å². The van der Waals surface area contributed by atoms with Crippen LogP contribution in [0.1, 0.15) is 65.7 Å². The minimum atomic E-state index is -0.369. The van der Waals surface area contributed by atoms with Crippen molar-refractivity contribution < 1.29 is 9.53 Å². The van der Waals surface area contributed by atoms with Crippen molar-refractivity contribution in [3.8, 4) is 0 Å². The van der Waals surface area contributed by atoms with Crippen molar-refractivity contribution in [2.45, 2.75) is 71.3 Å². The molecular weight excluding hydrogens is 326 g/mol. The number of nitrogens with zero attached hydrogens (tertiary/aromatic N) is 2. The molecule has 0 aromatic heterocycles. The summed E-state index contributed by atoms with van der Waals surface area (Å²) in [5, 5.41) is 3.37. The van der Waals surface area contributed by atoms with E-state index < -0.39 is 0 Å². The highest BCUT2D eigenvalue weighted by Crippen LogP contribution is 2.44. The van der Waals surface area contributed by atoms with Gasteiger partial charge in [0.05, 0.1) is 0 Å². The third kappa shape index (κ3) is 4.92. The number of ether oxygens (including phenoxy) is 1. The van der Waals surface area contributed by atoms with Gasteiger partial charge >= 0.3 is 6.09 Å². The van der Waals surface area contributed by atoms with Crippen molar-refractivity contribution in [3.05, 3.63) is 0 Å². The summed E-state index contributed by atoms with van der Waals surface area (Å²) in [5.41, 5.74) is 0.814. The molecule has 0 atom stereocenters. The van der Waals surface area contributed by atoms with Gasteiger partial charge in [-0.05, 0) is 72.0 Å². The van der Waals surface area contributed by atoms with Gasteiger partial charge in [0, 0.05) is 31.6 Å². The summed E-state index contributed by atoms with van der Waals surface area (Å²) in [6.07, 6.45) is 9.33. The summed E-state index contributed by atoms with van der Waals surface area (Å²) in [6, 6.07) is 0. The molecule has 150 valence electrons. The second-order valence-corrected chi connectivity index (χ2v) is 10.3. The Kier molecular flexibility index (Phi) is 5.88. The number of hydrogen-bond donors (Lipinski definition) is 1. The molecule has 1 aliphatic carbocycles. The molecule has 2 spiro atoms. The molecule has 3 heterocycles. The molecule has 26 heavy (non-hydrogen) atoms. The highest BCUT2D eigenvalue weighted by Gasteiger charge is 2.46. The van der Waals surface area contributed by atoms with Gasteiger partial charge in [-0.15, -0.1) is 0 Å². The smallest absolute Gasteiger partial charge is 0.410 e. The molecule has 1 saturated carbocycles. The third-order valence-electron chi connectivity index (χ3n) is 6.67. The zero-order valence-electron chi connectivity index (χ0n) is 17.4. The predicted molar refractivity (Wildman–Crippen MR) is 105 cm³/mol. The number of rotatable bonds is 0. The van der Waals surface area contributed by atoms with Crippen molar-refractivity contribution in [1.82, 2.24) is 15.1 Å². The molecule has 3 aliphatic heterocycles. The summed E-state index contributed by atoms with van der Waals surface area (Å²) in [7, 11) is 2.22. The van der Waals surface area contributed by atoms with Crippen LogP contribution >= 0.6 is 0 Å². The fraction of sp³-hybridized carbons (Fsp3) is 0.952. The molecule has 0 aromatic carbocycles. The van der Waals surface area contributed by atoms with Crippen molar-refractivity contribution in [1.29, 1.82) is 0 Å². The van der Waals surface area contributed by atoms with Gasteiger partial charge in [-0.3, -0.25) is 0 Å². The van der Waals surface area contributed by atoms with E-state index in [-0.39, 0.29) is 11.7 Å². The zero-order chi connectivity index (χ0) is 18.8. The molecule has 3 saturated heterocycles. The first kappa shape index (κ1) is 19.9. The summed E-state index contributed by atoms with van der Waals surface area (Å²) < 4.78 is 5.36. The van der Waals surface area contributed by atoms with E-state index in [1.807, 2.05) is 25.7 Å². The van der Waals surface area contributed by atoms with Gasteiger partial charge in [0.2, 0.25) is 0 Å². The molecule has 0 aromatic rings. The number of nitrogens with one attached hydrogen (secondary N) is 1. The SMILES string of the molecule is CC(C)(C)OC(=O)N1CC2(CCCCC2)C1.CN1CCC2(CC1)CNC2. The van der Waals surface area contributed by atoms with Crippen molar-refractivity contribution in [2.24, 2.45) is 10.8 Å². The van der Waals surface area contributed by atoms with E-state index in [0.29, 0.717) is 5.41 Å². The molecule has 4 aliphatic rings. The van der Waals surface area contributed by atoms with E-state index in [4.69, 9.17) is 4.74 Å². The number of amides is 1. The van der Waals surface area contributed by atoms with Crippen molar-refractivity contribution >= 4 is 6.09 Å². The maximum atomic E-state index is 11.8. The van der Waals surface area contributed by atoms with Gasteiger partial charge in [-0.25, -0.2) is 4.79 Å². The molecular formula is C21H39N3O2. The third-order valence-corrected chi connectivity index (χ3v) is 6.67. The predicted octanol–water partition coefficient (Wildman–Crippen LogP) is 3.49. The van der Waals surface area contributed by atoms with Crippen LogP contribution < -0.4 is 5.32 Å². The van der Waals surface area contributed by atoms with Crippen LogP contribution in [0.5, 0.6) is 0 Å². The number of hydrogen-bond acceptors (Lipinski definition) is 4. The Bertz CT molecular complexity index is 472. The van der Waals surface area contributed by atoms with E-state index in [1.165, 1.54) is 71.1 Å². The molecule has 0 unspecified atom stereocenters. The lowest BCUT2D eigenvalue weighted by atomic mass is 9.69. The van der Waals surface area contributed by atoms with Gasteiger partial charge in [-0.2, -0.15) is 0 Å². The molecule has 1 amide bonds. The second kappa shape index (κ2) is 7.67. The second-order valence-electron chi connectivity index (χ2n) is 10.3. The van der Waals surface area contributed by atoms with E-state index in [2.05, 4.69) is 17.3 Å². The quantitative estimate of drug-likeness (QED) is 0.714. The lowest BCUT2D eigenvalue weighted by Gasteiger charge is -2.52. The standard InChI is InChI=1S/C13H23NO2.C8H16N2/c1-12(2,3)16-11(15)14-9-13(10-14)7-5-4-6-8-13;1-10-4-2-8(3-5-10)6-9-7-8/h4-10H2,1-3H3;9H,2-7H2,1H3. The van der Waals surface area contributed by atoms with Gasteiger partial charge < -0.3 is 19.9 Å². The fourth-order valence-corrected chi connectivity index (χ4v) is 4.76. The zero-order valence-corrected chi connectivity index (χ0v) is 17.4. The molecule has 5 nitrogen and oxygen atoms in total. The topological polar surface area (TPSA) is 44.8 Å². The first-order chi connectivity index (χ1) is 12.2. The number of piperidine rings is 1. The van der Waals surface area contributed by atoms with Crippen LogP contribution in [-0.4, -0.2) is 67.8 Å². The van der Waals surface area contributed by atoms with Crippen LogP contribution in [0.2, 0.25) is 0 Å². The summed E-state index contributed by atoms with van der Waals surface area (Å²) >= 11 is 0. The van der Waals surface area contributed by atoms with E-state index in [1.54, 1.807) is 0 Å². The van der Waals surface area contributed by atoms with E-state index in [0.717, 1.165) is 18.5 Å². The molecule has 5 heteroatoms. The van der Waals surface area contributed by atoms with Gasteiger partial charge in [0.25, 0.3) is 0 Å². The Morgan fingerprint density at radius 3 is 1.96 bits per heavy atom. The van der Waals surface area contributed by atoms with E-state index >= 15 is 0 Å². The molecule has 1 N–H and O–H groups in total. The van der Waals surface area contributed by atoms with Crippen LogP contribution in [0.25, 0.3) is 0 Å². The highest BCUT2D eigenvalue weighted by molar-refractivity contribution is 5.69. The minimum absolute atomic E-state index is 0.135. The maximum absolute atomic E-state index is 11.8. The first-order valence-electron chi connectivity index (χ1n) is 10.6. The molecule has 0 bridgehead atoms. The number of carbonyl (C=O) groups excluding carboxylic acids is 1. The average molecular weight is 366 g/mol. The van der Waals surface area contributed by atoms with Crippen LogP contribution in [0.4, 0.5) is 4.79 Å². The summed E-state index contributed by atoms with van der Waals surface area (Å²) in [4.78, 5) is 16.1. The Balaban J connectivity index is 0.000000167. The van der Waals surface area contributed by atoms with Gasteiger partial charge in [0.1, 0.15) is 5.60 Å². The monoisotopic (exact) mass is 365 g/mol. The lowest BCUT2D eigenvalue weighted by Crippen LogP contribution is -2.59. The van der Waals surface area contributed by atoms with Crippen LogP contribution in [-0.2, 0) is 4.74 Å². The van der Waals surface area contributed by atoms with Crippen molar-refractivity contribution in [2.75, 3.05) is 46.3 Å². The van der Waals surface area contributed by atoms with Crippen LogP contribution in [0.3, 0.4) is 0 Å². The van der Waals surface area contributed by atoms with Crippen LogP contribution in [0, 0.1) is 10.8 Å². The fourth-order valence-electron chi connectivity index (χ4n) is 4.76. The van der Waals surface area contributed by atoms with E-state index in [9.17, 15) is 4.79 Å². The normalized spacial score (nSPS) is 27.2. The van der Waals surface area contributed by atoms with Gasteiger partial charge in [-0.1, -0.05) is 19.3 Å². The number of carbonyl (C=O) groups is 1. The van der Waals surface area contributed by atoms with Crippen LogP contribution in [0.15, 0.2) is 0 Å². The first-order valence-corrected chi connectivity index (χ1v) is 10.6. The maximum Gasteiger partial charge on any atom is 0.410 e. The average Bonchev–Trinajstić information content (AvgIpc) is 2.51. The number of likely N-dealkylation sites (tertiary alicyclic amines) is 2. The highest BCUT2D eigenvalue weighted by atomic mass is 16.6. The molecule has 0 radical (unpaired) electrons. The largest absolute Gasteiger partial charge is 0.444 e. The summed E-state index contributed by atoms with van der Waals surface area (Å²) in [6.45, 7) is 12.8. The Hall–Kier alpha value is -0.810. The summed E-state index contributed by atoms with van der Waals surface area (Å²) in [5.74, 6) is 0. The van der Waals surface area contributed by atoms with Crippen molar-refractivity contribution in [3.63, 3.8) is 0 Å².